The van der Waals surface area contributed by atoms with Crippen LogP contribution in [-0.4, -0.2) is 30.8 Å². The van der Waals surface area contributed by atoms with Crippen molar-refractivity contribution in [1.82, 2.24) is 16.2 Å². The Morgan fingerprint density at radius 1 is 1.09 bits per heavy atom. The van der Waals surface area contributed by atoms with E-state index in [1.807, 2.05) is 20.8 Å². The topological polar surface area (TPSA) is 71.6 Å². The summed E-state index contributed by atoms with van der Waals surface area (Å²) >= 11 is 5.07. The first-order valence-corrected chi connectivity index (χ1v) is 7.43. The average Bonchev–Trinajstić information content (AvgIpc) is 2.48. The molecule has 126 valence electrons. The molecule has 0 heterocycles. The van der Waals surface area contributed by atoms with Gasteiger partial charge < -0.3 is 14.8 Å². The molecule has 1 aromatic carbocycles. The zero-order chi connectivity index (χ0) is 17.5. The molecular weight excluding hydrogens is 314 g/mol. The number of thiocarbonyl (C=S) groups is 1. The third-order valence-corrected chi connectivity index (χ3v) is 2.79. The summed E-state index contributed by atoms with van der Waals surface area (Å²) in [6, 6.07) is 5.35. The summed E-state index contributed by atoms with van der Waals surface area (Å²) in [5, 5.41) is 3.38. The van der Waals surface area contributed by atoms with E-state index in [2.05, 4.69) is 16.2 Å². The Kier molecular flexibility index (Phi) is 6.84. The van der Waals surface area contributed by atoms with Gasteiger partial charge in [-0.05, 0) is 56.8 Å². The smallest absolute Gasteiger partial charge is 0.262 e. The molecule has 23 heavy (non-hydrogen) atoms. The second-order valence-electron chi connectivity index (χ2n) is 5.80. The Bertz CT molecular complexity index is 572. The lowest BCUT2D eigenvalue weighted by atomic mass is 10.1. The minimum Gasteiger partial charge on any atom is -0.497 e. The van der Waals surface area contributed by atoms with Crippen LogP contribution >= 0.6 is 12.2 Å². The molecule has 0 radical (unpaired) electrons. The van der Waals surface area contributed by atoms with E-state index in [1.165, 1.54) is 6.08 Å². The highest BCUT2D eigenvalue weighted by Gasteiger charge is 2.10. The first-order chi connectivity index (χ1) is 10.7. The number of nitrogens with one attached hydrogen (secondary N) is 3. The molecule has 0 saturated carbocycles. The van der Waals surface area contributed by atoms with Gasteiger partial charge in [0.25, 0.3) is 5.91 Å². The zero-order valence-electron chi connectivity index (χ0n) is 14.0. The van der Waals surface area contributed by atoms with Gasteiger partial charge in [-0.2, -0.15) is 0 Å². The number of carbonyl (C=O) groups excluding carboxylic acids is 1. The monoisotopic (exact) mass is 337 g/mol. The van der Waals surface area contributed by atoms with Crippen LogP contribution in [-0.2, 0) is 4.79 Å². The largest absolute Gasteiger partial charge is 0.497 e. The van der Waals surface area contributed by atoms with E-state index in [0.29, 0.717) is 16.6 Å². The van der Waals surface area contributed by atoms with E-state index in [0.717, 1.165) is 5.56 Å². The molecule has 0 saturated heterocycles. The molecule has 1 rings (SSSR count). The minimum absolute atomic E-state index is 0.179. The summed E-state index contributed by atoms with van der Waals surface area (Å²) in [6.07, 6.45) is 3.04. The fraction of sp³-hybridized carbons (Fsp3) is 0.375. The predicted octanol–water partition coefficient (Wildman–Crippen LogP) is 2.01. The molecule has 1 aromatic rings. The highest BCUT2D eigenvalue weighted by Crippen LogP contribution is 2.23. The zero-order valence-corrected chi connectivity index (χ0v) is 14.8. The second-order valence-corrected chi connectivity index (χ2v) is 6.21. The maximum absolute atomic E-state index is 11.8. The lowest BCUT2D eigenvalue weighted by Crippen LogP contribution is -2.51. The molecular formula is C16H23N3O3S. The standard InChI is InChI=1S/C16H23N3O3S/c1-16(2,3)17-15(23)19-18-14(20)7-6-11-8-12(21-4)10-13(9-11)22-5/h6-10H,1-5H3,(H,18,20)(H2,17,19,23)/b7-6+. The number of benzene rings is 1. The van der Waals surface area contributed by atoms with Gasteiger partial charge in [-0.15, -0.1) is 0 Å². The predicted molar refractivity (Wildman–Crippen MR) is 95.3 cm³/mol. The van der Waals surface area contributed by atoms with Crippen molar-refractivity contribution < 1.29 is 14.3 Å². The van der Waals surface area contributed by atoms with Crippen LogP contribution < -0.4 is 25.6 Å². The van der Waals surface area contributed by atoms with Crippen molar-refractivity contribution in [1.29, 1.82) is 0 Å². The van der Waals surface area contributed by atoms with Crippen molar-refractivity contribution in [3.8, 4) is 11.5 Å². The molecule has 0 aliphatic rings. The van der Waals surface area contributed by atoms with Crippen LogP contribution in [0.5, 0.6) is 11.5 Å². The Labute approximate surface area is 142 Å². The van der Waals surface area contributed by atoms with Crippen molar-refractivity contribution in [3.05, 3.63) is 29.8 Å². The first kappa shape index (κ1) is 18.8. The van der Waals surface area contributed by atoms with E-state index in [1.54, 1.807) is 38.5 Å². The van der Waals surface area contributed by atoms with Crippen molar-refractivity contribution in [3.63, 3.8) is 0 Å². The number of hydrogen-bond donors (Lipinski definition) is 3. The molecule has 0 bridgehead atoms. The normalized spacial score (nSPS) is 11.0. The maximum atomic E-state index is 11.8. The molecule has 0 aliphatic heterocycles. The number of rotatable bonds is 4. The fourth-order valence-electron chi connectivity index (χ4n) is 1.63. The van der Waals surface area contributed by atoms with Crippen LogP contribution in [0.1, 0.15) is 26.3 Å². The van der Waals surface area contributed by atoms with Gasteiger partial charge in [0, 0.05) is 17.7 Å². The number of ether oxygens (including phenoxy) is 2. The highest BCUT2D eigenvalue weighted by molar-refractivity contribution is 7.80. The number of amides is 1. The Hall–Kier alpha value is -2.28. The maximum Gasteiger partial charge on any atom is 0.262 e. The molecule has 0 fully saturated rings. The van der Waals surface area contributed by atoms with Gasteiger partial charge in [-0.25, -0.2) is 0 Å². The number of carbonyl (C=O) groups is 1. The number of hydrazine groups is 1. The van der Waals surface area contributed by atoms with E-state index in [-0.39, 0.29) is 11.4 Å². The van der Waals surface area contributed by atoms with Crippen LogP contribution in [0, 0.1) is 0 Å². The molecule has 6 nitrogen and oxygen atoms in total. The van der Waals surface area contributed by atoms with Crippen LogP contribution in [0.25, 0.3) is 6.08 Å². The van der Waals surface area contributed by atoms with E-state index >= 15 is 0 Å². The van der Waals surface area contributed by atoms with Gasteiger partial charge in [0.1, 0.15) is 11.5 Å². The summed E-state index contributed by atoms with van der Waals surface area (Å²) in [7, 11) is 3.14. The minimum atomic E-state index is -0.329. The van der Waals surface area contributed by atoms with Gasteiger partial charge >= 0.3 is 0 Å². The quantitative estimate of drug-likeness (QED) is 0.443. The van der Waals surface area contributed by atoms with Crippen LogP contribution in [0.3, 0.4) is 0 Å². The summed E-state index contributed by atoms with van der Waals surface area (Å²) in [4.78, 5) is 11.8. The molecule has 0 aliphatic carbocycles. The van der Waals surface area contributed by atoms with E-state index in [9.17, 15) is 4.79 Å². The second kappa shape index (κ2) is 8.38. The molecule has 7 heteroatoms. The highest BCUT2D eigenvalue weighted by atomic mass is 32.1. The van der Waals surface area contributed by atoms with Crippen molar-refractivity contribution in [2.24, 2.45) is 0 Å². The Balaban J connectivity index is 2.60. The summed E-state index contributed by atoms with van der Waals surface area (Å²) in [5.74, 6) is 0.973. The summed E-state index contributed by atoms with van der Waals surface area (Å²) in [6.45, 7) is 5.91. The van der Waals surface area contributed by atoms with Crippen LogP contribution in [0.2, 0.25) is 0 Å². The molecule has 3 N–H and O–H groups in total. The van der Waals surface area contributed by atoms with Gasteiger partial charge in [0.15, 0.2) is 5.11 Å². The van der Waals surface area contributed by atoms with Gasteiger partial charge in [0.2, 0.25) is 0 Å². The van der Waals surface area contributed by atoms with Gasteiger partial charge in [-0.1, -0.05) is 0 Å². The Morgan fingerprint density at radius 2 is 1.65 bits per heavy atom. The number of methoxy groups -OCH3 is 2. The van der Waals surface area contributed by atoms with E-state index < -0.39 is 0 Å². The molecule has 0 unspecified atom stereocenters. The Morgan fingerprint density at radius 3 is 2.13 bits per heavy atom. The number of hydrogen-bond acceptors (Lipinski definition) is 4. The van der Waals surface area contributed by atoms with Crippen molar-refractivity contribution >= 4 is 29.3 Å². The third-order valence-electron chi connectivity index (χ3n) is 2.59. The lowest BCUT2D eigenvalue weighted by Gasteiger charge is -2.22. The third kappa shape index (κ3) is 7.51. The molecule has 0 spiro atoms. The van der Waals surface area contributed by atoms with Gasteiger partial charge in [-0.3, -0.25) is 15.6 Å². The average molecular weight is 337 g/mol. The first-order valence-electron chi connectivity index (χ1n) is 7.03. The van der Waals surface area contributed by atoms with Crippen molar-refractivity contribution in [2.45, 2.75) is 26.3 Å². The fourth-order valence-corrected chi connectivity index (χ4v) is 1.99. The summed E-state index contributed by atoms with van der Waals surface area (Å²) < 4.78 is 10.4. The van der Waals surface area contributed by atoms with Crippen LogP contribution in [0.4, 0.5) is 0 Å². The van der Waals surface area contributed by atoms with E-state index in [4.69, 9.17) is 21.7 Å². The van der Waals surface area contributed by atoms with Crippen molar-refractivity contribution in [2.75, 3.05) is 14.2 Å². The molecule has 1 amide bonds. The van der Waals surface area contributed by atoms with Gasteiger partial charge in [0.05, 0.1) is 14.2 Å². The SMILES string of the molecule is COc1cc(/C=C/C(=O)NNC(=S)NC(C)(C)C)cc(OC)c1. The van der Waals surface area contributed by atoms with Crippen LogP contribution in [0.15, 0.2) is 24.3 Å². The summed E-state index contributed by atoms with van der Waals surface area (Å²) in [5.41, 5.74) is 5.74. The molecule has 0 atom stereocenters. The lowest BCUT2D eigenvalue weighted by molar-refractivity contribution is -0.117. The molecule has 0 aromatic heterocycles.